The number of hydrogen-bond acceptors (Lipinski definition) is 4. The normalized spacial score (nSPS) is 9.94. The number of carbonyl (C=O) groups excluding carboxylic acids is 1. The Kier molecular flexibility index (Phi) is 3.52. The van der Waals surface area contributed by atoms with E-state index < -0.39 is 5.91 Å². The molecular formula is C11H9IN4O. The lowest BCUT2D eigenvalue weighted by molar-refractivity contribution is 0.100. The molecule has 1 aromatic heterocycles. The van der Waals surface area contributed by atoms with Crippen LogP contribution in [0.2, 0.25) is 0 Å². The predicted octanol–water partition coefficient (Wildman–Crippen LogP) is 1.92. The van der Waals surface area contributed by atoms with E-state index in [9.17, 15) is 4.79 Å². The van der Waals surface area contributed by atoms with E-state index >= 15 is 0 Å². The number of nitrogens with zero attached hydrogens (tertiary/aromatic N) is 2. The second-order valence-corrected chi connectivity index (χ2v) is 4.54. The highest BCUT2D eigenvalue weighted by Gasteiger charge is 2.01. The highest BCUT2D eigenvalue weighted by Crippen LogP contribution is 2.13. The highest BCUT2D eigenvalue weighted by atomic mass is 127. The first-order chi connectivity index (χ1) is 8.15. The Labute approximate surface area is 112 Å². The van der Waals surface area contributed by atoms with E-state index in [2.05, 4.69) is 37.9 Å². The van der Waals surface area contributed by atoms with Crippen LogP contribution >= 0.6 is 22.6 Å². The Morgan fingerprint density at radius 2 is 1.76 bits per heavy atom. The van der Waals surface area contributed by atoms with Crippen LogP contribution in [0.4, 0.5) is 11.6 Å². The van der Waals surface area contributed by atoms with Crippen LogP contribution in [0.25, 0.3) is 0 Å². The molecule has 0 radical (unpaired) electrons. The predicted molar refractivity (Wildman–Crippen MR) is 73.0 cm³/mol. The minimum atomic E-state index is -0.443. The Morgan fingerprint density at radius 1 is 1.18 bits per heavy atom. The highest BCUT2D eigenvalue weighted by molar-refractivity contribution is 14.1. The third kappa shape index (κ3) is 3.13. The number of hydrogen-bond donors (Lipinski definition) is 2. The Morgan fingerprint density at radius 3 is 2.29 bits per heavy atom. The van der Waals surface area contributed by atoms with E-state index in [0.29, 0.717) is 11.5 Å². The zero-order valence-electron chi connectivity index (χ0n) is 8.72. The molecule has 0 unspecified atom stereocenters. The van der Waals surface area contributed by atoms with E-state index in [1.54, 1.807) is 36.7 Å². The molecule has 86 valence electrons. The van der Waals surface area contributed by atoms with Gasteiger partial charge in [-0.3, -0.25) is 4.79 Å². The van der Waals surface area contributed by atoms with Gasteiger partial charge in [-0.15, -0.1) is 0 Å². The van der Waals surface area contributed by atoms with Crippen LogP contribution in [0.3, 0.4) is 0 Å². The Balaban J connectivity index is 2.13. The quantitative estimate of drug-likeness (QED) is 0.837. The molecular weight excluding hydrogens is 331 g/mol. The summed E-state index contributed by atoms with van der Waals surface area (Å²) in [6.45, 7) is 0. The molecule has 0 atom stereocenters. The third-order valence-corrected chi connectivity index (χ3v) is 2.60. The molecule has 0 aliphatic rings. The second-order valence-electron chi connectivity index (χ2n) is 3.29. The van der Waals surface area contributed by atoms with E-state index in [1.807, 2.05) is 0 Å². The number of rotatable bonds is 3. The van der Waals surface area contributed by atoms with E-state index in [-0.39, 0.29) is 0 Å². The van der Waals surface area contributed by atoms with Crippen LogP contribution in [0.15, 0.2) is 36.7 Å². The Bertz CT molecular complexity index is 524. The van der Waals surface area contributed by atoms with Gasteiger partial charge in [-0.2, -0.15) is 0 Å². The molecule has 0 aliphatic carbocycles. The first-order valence-corrected chi connectivity index (χ1v) is 5.87. The van der Waals surface area contributed by atoms with Gasteiger partial charge in [0.25, 0.3) is 0 Å². The maximum absolute atomic E-state index is 10.9. The molecule has 3 N–H and O–H groups in total. The van der Waals surface area contributed by atoms with Crippen LogP contribution in [0.5, 0.6) is 0 Å². The molecule has 5 nitrogen and oxygen atoms in total. The van der Waals surface area contributed by atoms with Crippen molar-refractivity contribution >= 4 is 40.1 Å². The summed E-state index contributed by atoms with van der Waals surface area (Å²) >= 11 is 2.13. The summed E-state index contributed by atoms with van der Waals surface area (Å²) in [5.74, 6) is 0.0688. The summed E-state index contributed by atoms with van der Waals surface area (Å²) in [6, 6.07) is 6.80. The first kappa shape index (κ1) is 11.8. The number of primary amides is 1. The van der Waals surface area contributed by atoms with Crippen molar-refractivity contribution in [3.8, 4) is 0 Å². The van der Waals surface area contributed by atoms with Crippen molar-refractivity contribution in [2.45, 2.75) is 0 Å². The number of aromatic nitrogens is 2. The SMILES string of the molecule is NC(=O)c1ccc(Nc2ncc(I)cn2)cc1. The van der Waals surface area contributed by atoms with Crippen LogP contribution in [0, 0.1) is 3.57 Å². The fraction of sp³-hybridized carbons (Fsp3) is 0. The maximum Gasteiger partial charge on any atom is 0.248 e. The molecule has 1 aromatic carbocycles. The maximum atomic E-state index is 10.9. The van der Waals surface area contributed by atoms with Gasteiger partial charge in [0, 0.05) is 27.2 Å². The molecule has 0 bridgehead atoms. The average Bonchev–Trinajstić information content (AvgIpc) is 2.33. The van der Waals surface area contributed by atoms with Crippen LogP contribution < -0.4 is 11.1 Å². The molecule has 2 aromatic rings. The van der Waals surface area contributed by atoms with Gasteiger partial charge in [-0.1, -0.05) is 0 Å². The van der Waals surface area contributed by atoms with E-state index in [0.717, 1.165) is 9.26 Å². The van der Waals surface area contributed by atoms with E-state index in [1.165, 1.54) is 0 Å². The summed E-state index contributed by atoms with van der Waals surface area (Å²) in [5.41, 5.74) is 6.42. The monoisotopic (exact) mass is 340 g/mol. The van der Waals surface area contributed by atoms with Gasteiger partial charge in [0.1, 0.15) is 0 Å². The molecule has 6 heteroatoms. The van der Waals surface area contributed by atoms with Gasteiger partial charge in [0.15, 0.2) is 0 Å². The van der Waals surface area contributed by atoms with Crippen molar-refractivity contribution in [3.05, 3.63) is 45.8 Å². The molecule has 0 saturated carbocycles. The number of halogens is 1. The molecule has 0 spiro atoms. The fourth-order valence-electron chi connectivity index (χ4n) is 1.22. The number of carbonyl (C=O) groups is 1. The molecule has 0 saturated heterocycles. The van der Waals surface area contributed by atoms with Gasteiger partial charge >= 0.3 is 0 Å². The smallest absolute Gasteiger partial charge is 0.248 e. The number of nitrogens with two attached hydrogens (primary N) is 1. The van der Waals surface area contributed by atoms with Gasteiger partial charge < -0.3 is 11.1 Å². The van der Waals surface area contributed by atoms with E-state index in [4.69, 9.17) is 5.73 Å². The van der Waals surface area contributed by atoms with Gasteiger partial charge in [0.2, 0.25) is 11.9 Å². The topological polar surface area (TPSA) is 80.9 Å². The molecule has 2 rings (SSSR count). The van der Waals surface area contributed by atoms with Gasteiger partial charge in [0.05, 0.1) is 0 Å². The number of nitrogens with one attached hydrogen (secondary N) is 1. The lowest BCUT2D eigenvalue weighted by Gasteiger charge is -2.04. The minimum Gasteiger partial charge on any atom is -0.366 e. The van der Waals surface area contributed by atoms with Crippen molar-refractivity contribution in [1.82, 2.24) is 9.97 Å². The molecule has 1 amide bonds. The fourth-order valence-corrected chi connectivity index (χ4v) is 1.50. The average molecular weight is 340 g/mol. The van der Waals surface area contributed by atoms with Crippen molar-refractivity contribution in [3.63, 3.8) is 0 Å². The van der Waals surface area contributed by atoms with Gasteiger partial charge in [-0.05, 0) is 46.9 Å². The zero-order valence-corrected chi connectivity index (χ0v) is 10.9. The Hall–Kier alpha value is -1.70. The van der Waals surface area contributed by atoms with Crippen molar-refractivity contribution in [1.29, 1.82) is 0 Å². The second kappa shape index (κ2) is 5.09. The number of anilines is 2. The summed E-state index contributed by atoms with van der Waals surface area (Å²) < 4.78 is 0.970. The summed E-state index contributed by atoms with van der Waals surface area (Å²) in [4.78, 5) is 19.1. The first-order valence-electron chi connectivity index (χ1n) is 4.79. The van der Waals surface area contributed by atoms with Crippen LogP contribution in [-0.2, 0) is 0 Å². The van der Waals surface area contributed by atoms with Crippen molar-refractivity contribution in [2.24, 2.45) is 5.73 Å². The summed E-state index contributed by atoms with van der Waals surface area (Å²) in [7, 11) is 0. The summed E-state index contributed by atoms with van der Waals surface area (Å²) in [5, 5.41) is 3.02. The number of benzene rings is 1. The lowest BCUT2D eigenvalue weighted by Crippen LogP contribution is -2.10. The molecule has 17 heavy (non-hydrogen) atoms. The number of amides is 1. The van der Waals surface area contributed by atoms with Crippen LogP contribution in [-0.4, -0.2) is 15.9 Å². The van der Waals surface area contributed by atoms with Gasteiger partial charge in [-0.25, -0.2) is 9.97 Å². The molecule has 0 fully saturated rings. The van der Waals surface area contributed by atoms with Crippen molar-refractivity contribution in [2.75, 3.05) is 5.32 Å². The largest absolute Gasteiger partial charge is 0.366 e. The third-order valence-electron chi connectivity index (χ3n) is 2.05. The molecule has 0 aliphatic heterocycles. The lowest BCUT2D eigenvalue weighted by atomic mass is 10.2. The standard InChI is InChI=1S/C11H9IN4O/c12-8-5-14-11(15-6-8)16-9-3-1-7(2-4-9)10(13)17/h1-6H,(H2,13,17)(H,14,15,16). The zero-order chi connectivity index (χ0) is 12.3. The molecule has 1 heterocycles. The van der Waals surface area contributed by atoms with Crippen LogP contribution in [0.1, 0.15) is 10.4 Å². The van der Waals surface area contributed by atoms with Crippen molar-refractivity contribution < 1.29 is 4.79 Å². The summed E-state index contributed by atoms with van der Waals surface area (Å²) in [6.07, 6.45) is 3.43. The minimum absolute atomic E-state index is 0.443.